The first-order chi connectivity index (χ1) is 27.2. The van der Waals surface area contributed by atoms with Gasteiger partial charge in [0.25, 0.3) is 0 Å². The molecular weight excluding hydrogens is 669 g/mol. The molecule has 55 heavy (non-hydrogen) atoms. The van der Waals surface area contributed by atoms with Gasteiger partial charge in [0.05, 0.1) is 11.4 Å². The van der Waals surface area contributed by atoms with Crippen LogP contribution in [-0.4, -0.2) is 9.97 Å². The molecule has 3 heteroatoms. The van der Waals surface area contributed by atoms with Crippen molar-refractivity contribution in [1.82, 2.24) is 9.97 Å². The van der Waals surface area contributed by atoms with Gasteiger partial charge >= 0.3 is 0 Å². The van der Waals surface area contributed by atoms with Crippen LogP contribution in [0.5, 0.6) is 0 Å². The number of hydrogen-bond acceptors (Lipinski definition) is 3. The summed E-state index contributed by atoms with van der Waals surface area (Å²) in [6.07, 6.45) is 0. The van der Waals surface area contributed by atoms with Crippen molar-refractivity contribution < 1.29 is 4.42 Å². The average Bonchev–Trinajstić information content (AvgIpc) is 3.65. The maximum absolute atomic E-state index is 6.25. The van der Waals surface area contributed by atoms with Gasteiger partial charge in [0.2, 0.25) is 0 Å². The number of aromatic nitrogens is 2. The summed E-state index contributed by atoms with van der Waals surface area (Å²) in [6.45, 7) is 0. The molecule has 0 saturated carbocycles. The number of nitrogens with zero attached hydrogens (tertiary/aromatic N) is 2. The second kappa shape index (κ2) is 12.6. The van der Waals surface area contributed by atoms with Crippen molar-refractivity contribution in [2.24, 2.45) is 0 Å². The fourth-order valence-corrected chi connectivity index (χ4v) is 8.29. The predicted molar refractivity (Wildman–Crippen MR) is 229 cm³/mol. The van der Waals surface area contributed by atoms with E-state index in [2.05, 4.69) is 158 Å². The van der Waals surface area contributed by atoms with Gasteiger partial charge in [-0.15, -0.1) is 0 Å². The third kappa shape index (κ3) is 5.28. The Labute approximate surface area is 317 Å². The highest BCUT2D eigenvalue weighted by atomic mass is 16.3. The lowest BCUT2D eigenvalue weighted by Gasteiger charge is -2.15. The predicted octanol–water partition coefficient (Wildman–Crippen LogP) is 14.2. The van der Waals surface area contributed by atoms with E-state index in [1.807, 2.05) is 36.4 Å². The van der Waals surface area contributed by atoms with Gasteiger partial charge in [-0.05, 0) is 91.0 Å². The number of para-hydroxylation sites is 1. The van der Waals surface area contributed by atoms with E-state index in [0.717, 1.165) is 66.7 Å². The molecule has 0 fully saturated rings. The van der Waals surface area contributed by atoms with E-state index < -0.39 is 0 Å². The van der Waals surface area contributed by atoms with Crippen LogP contribution in [0.15, 0.2) is 199 Å². The lowest BCUT2D eigenvalue weighted by atomic mass is 9.89. The van der Waals surface area contributed by atoms with Crippen molar-refractivity contribution in [2.45, 2.75) is 0 Å². The minimum Gasteiger partial charge on any atom is -0.456 e. The minimum absolute atomic E-state index is 0.689. The van der Waals surface area contributed by atoms with Crippen LogP contribution in [0.1, 0.15) is 0 Å². The van der Waals surface area contributed by atoms with Crippen LogP contribution >= 0.6 is 0 Å². The number of hydrogen-bond donors (Lipinski definition) is 0. The first-order valence-corrected chi connectivity index (χ1v) is 18.6. The largest absolute Gasteiger partial charge is 0.456 e. The van der Waals surface area contributed by atoms with Crippen molar-refractivity contribution in [3.05, 3.63) is 194 Å². The molecule has 0 radical (unpaired) electrons. The lowest BCUT2D eigenvalue weighted by Crippen LogP contribution is -1.96. The Hall–Kier alpha value is -7.36. The monoisotopic (exact) mass is 700 g/mol. The van der Waals surface area contributed by atoms with E-state index in [4.69, 9.17) is 14.4 Å². The molecule has 0 aliphatic heterocycles. The van der Waals surface area contributed by atoms with Crippen LogP contribution in [0, 0.1) is 0 Å². The molecule has 256 valence electrons. The van der Waals surface area contributed by atoms with Gasteiger partial charge in [0, 0.05) is 27.5 Å². The molecule has 3 nitrogen and oxygen atoms in total. The van der Waals surface area contributed by atoms with Crippen LogP contribution in [0.25, 0.3) is 110 Å². The minimum atomic E-state index is 0.689. The van der Waals surface area contributed by atoms with E-state index in [0.29, 0.717) is 5.82 Å². The van der Waals surface area contributed by atoms with Gasteiger partial charge in [0.1, 0.15) is 11.2 Å². The molecule has 0 N–H and O–H groups in total. The molecule has 0 saturated heterocycles. The molecule has 11 rings (SSSR count). The fraction of sp³-hybridized carbons (Fsp3) is 0. The van der Waals surface area contributed by atoms with Gasteiger partial charge in [-0.2, -0.15) is 0 Å². The van der Waals surface area contributed by atoms with Crippen molar-refractivity contribution in [1.29, 1.82) is 0 Å². The summed E-state index contributed by atoms with van der Waals surface area (Å²) < 4.78 is 6.25. The van der Waals surface area contributed by atoms with E-state index >= 15 is 0 Å². The number of rotatable bonds is 5. The summed E-state index contributed by atoms with van der Waals surface area (Å²) in [5, 5.41) is 9.68. The highest BCUT2D eigenvalue weighted by Crippen LogP contribution is 2.41. The van der Waals surface area contributed by atoms with Crippen LogP contribution in [0.3, 0.4) is 0 Å². The topological polar surface area (TPSA) is 38.9 Å². The van der Waals surface area contributed by atoms with Crippen molar-refractivity contribution in [3.63, 3.8) is 0 Å². The highest BCUT2D eigenvalue weighted by Gasteiger charge is 2.17. The van der Waals surface area contributed by atoms with E-state index in [1.165, 1.54) is 37.9 Å². The summed E-state index contributed by atoms with van der Waals surface area (Å²) >= 11 is 0. The molecule has 0 amide bonds. The second-order valence-corrected chi connectivity index (χ2v) is 14.1. The Morgan fingerprint density at radius 1 is 0.327 bits per heavy atom. The molecule has 0 atom stereocenters. The van der Waals surface area contributed by atoms with E-state index in [1.54, 1.807) is 0 Å². The summed E-state index contributed by atoms with van der Waals surface area (Å²) in [7, 11) is 0. The van der Waals surface area contributed by atoms with Crippen LogP contribution in [-0.2, 0) is 0 Å². The third-order valence-corrected chi connectivity index (χ3v) is 10.8. The number of furan rings is 1. The summed E-state index contributed by atoms with van der Waals surface area (Å²) in [5.74, 6) is 0.689. The molecule has 0 bridgehead atoms. The van der Waals surface area contributed by atoms with Crippen molar-refractivity contribution >= 4 is 54.3 Å². The van der Waals surface area contributed by atoms with Gasteiger partial charge in [0.15, 0.2) is 5.82 Å². The summed E-state index contributed by atoms with van der Waals surface area (Å²) in [5.41, 5.74) is 11.1. The molecule has 0 aliphatic rings. The van der Waals surface area contributed by atoms with Gasteiger partial charge in [-0.25, -0.2) is 9.97 Å². The Morgan fingerprint density at radius 2 is 0.927 bits per heavy atom. The summed E-state index contributed by atoms with van der Waals surface area (Å²) in [6, 6.07) is 68.7. The van der Waals surface area contributed by atoms with E-state index in [9.17, 15) is 0 Å². The van der Waals surface area contributed by atoms with Gasteiger partial charge < -0.3 is 4.42 Å². The number of fused-ring (bicyclic) bond motifs is 7. The summed E-state index contributed by atoms with van der Waals surface area (Å²) in [4.78, 5) is 10.4. The van der Waals surface area contributed by atoms with Gasteiger partial charge in [-0.1, -0.05) is 158 Å². The fourth-order valence-electron chi connectivity index (χ4n) is 8.29. The Morgan fingerprint density at radius 3 is 1.75 bits per heavy atom. The SMILES string of the molecule is c1ccc(-c2nc(-c3cccc(-c4c5ccccc5cc5c4ccc4ccccc45)c3)cc(-c3cccc(-c4cccc5oc6ccccc6c45)c3)n2)cc1. The molecule has 0 aliphatic carbocycles. The molecular formula is C52H32N2O. The zero-order valence-electron chi connectivity index (χ0n) is 29.8. The van der Waals surface area contributed by atoms with E-state index in [-0.39, 0.29) is 0 Å². The Bertz CT molecular complexity index is 3270. The standard InChI is InChI=1S/C52H32N2O/c1-2-14-34(15-3-1)52-53-46(37-18-10-17-35(29-37)42-24-12-26-49-51(42)44-23-8-9-25-48(44)55-49)32-47(54-52)38-19-11-20-39(30-38)50-41-22-7-5-16-36(41)31-45-40-21-6-4-13-33(40)27-28-43(45)50/h1-32H. The second-order valence-electron chi connectivity index (χ2n) is 14.1. The lowest BCUT2D eigenvalue weighted by molar-refractivity contribution is 0.669. The Kier molecular flexibility index (Phi) is 7.17. The number of benzene rings is 9. The van der Waals surface area contributed by atoms with Crippen LogP contribution < -0.4 is 0 Å². The Balaban J connectivity index is 1.09. The van der Waals surface area contributed by atoms with Crippen molar-refractivity contribution in [3.8, 4) is 56.2 Å². The first kappa shape index (κ1) is 31.2. The molecule has 2 heterocycles. The van der Waals surface area contributed by atoms with Crippen molar-refractivity contribution in [2.75, 3.05) is 0 Å². The first-order valence-electron chi connectivity index (χ1n) is 18.6. The quantitative estimate of drug-likeness (QED) is 0.133. The molecule has 11 aromatic rings. The normalized spacial score (nSPS) is 11.6. The molecule has 9 aromatic carbocycles. The van der Waals surface area contributed by atoms with Gasteiger partial charge in [-0.3, -0.25) is 0 Å². The maximum Gasteiger partial charge on any atom is 0.160 e. The molecule has 0 unspecified atom stereocenters. The zero-order chi connectivity index (χ0) is 36.3. The smallest absolute Gasteiger partial charge is 0.160 e. The molecule has 2 aromatic heterocycles. The third-order valence-electron chi connectivity index (χ3n) is 10.8. The molecule has 0 spiro atoms. The highest BCUT2D eigenvalue weighted by molar-refractivity contribution is 6.20. The van der Waals surface area contributed by atoms with Crippen LogP contribution in [0.4, 0.5) is 0 Å². The maximum atomic E-state index is 6.25. The zero-order valence-corrected chi connectivity index (χ0v) is 29.8. The average molecular weight is 701 g/mol. The van der Waals surface area contributed by atoms with Crippen LogP contribution in [0.2, 0.25) is 0 Å².